The second-order valence-corrected chi connectivity index (χ2v) is 10.5. The van der Waals surface area contributed by atoms with Gasteiger partial charge in [-0.05, 0) is 54.1 Å². The number of hydrogen-bond acceptors (Lipinski definition) is 8. The number of aryl methyl sites for hydroxylation is 2. The molecule has 0 aromatic carbocycles. The fraction of sp³-hybridized carbons (Fsp3) is 0.304. The molecule has 4 heterocycles. The summed E-state index contributed by atoms with van der Waals surface area (Å²) in [5.74, 6) is 0.654. The van der Waals surface area contributed by atoms with Crippen LogP contribution in [0.4, 0.5) is 0 Å². The van der Waals surface area contributed by atoms with E-state index in [4.69, 9.17) is 9.47 Å². The Kier molecular flexibility index (Phi) is 7.06. The summed E-state index contributed by atoms with van der Waals surface area (Å²) in [6.07, 6.45) is 5.65. The summed E-state index contributed by atoms with van der Waals surface area (Å²) in [5.41, 5.74) is 4.20. The Balaban J connectivity index is 1.52. The third-order valence-electron chi connectivity index (χ3n) is 5.38. The van der Waals surface area contributed by atoms with E-state index in [1.54, 1.807) is 23.0 Å². The maximum Gasteiger partial charge on any atom is 0.251 e. The quantitative estimate of drug-likeness (QED) is 0.283. The Bertz CT molecular complexity index is 1510. The van der Waals surface area contributed by atoms with Crippen LogP contribution in [0.15, 0.2) is 41.8 Å². The van der Waals surface area contributed by atoms with Gasteiger partial charge in [0.15, 0.2) is 0 Å². The Hall–Kier alpha value is -3.09. The van der Waals surface area contributed by atoms with Crippen molar-refractivity contribution in [1.29, 1.82) is 0 Å². The van der Waals surface area contributed by atoms with Crippen LogP contribution < -0.4 is 4.74 Å². The normalized spacial score (nSPS) is 12.7. The van der Waals surface area contributed by atoms with Gasteiger partial charge in [-0.3, -0.25) is 9.67 Å². The molecule has 0 radical (unpaired) electrons. The summed E-state index contributed by atoms with van der Waals surface area (Å²) in [6.45, 7) is 8.30. The third-order valence-corrected chi connectivity index (χ3v) is 6.87. The molecular weight excluding hydrogens is 536 g/mol. The second kappa shape index (κ2) is 9.88. The van der Waals surface area contributed by atoms with Gasteiger partial charge >= 0.3 is 0 Å². The molecule has 184 valence electrons. The number of pyridine rings is 2. The third kappa shape index (κ3) is 5.14. The molecule has 1 atom stereocenters. The van der Waals surface area contributed by atoms with Gasteiger partial charge in [0.05, 0.1) is 42.7 Å². The summed E-state index contributed by atoms with van der Waals surface area (Å²) in [6, 6.07) is 5.54. The Morgan fingerprint density at radius 2 is 2.03 bits per heavy atom. The van der Waals surface area contributed by atoms with Crippen LogP contribution in [0.1, 0.15) is 30.1 Å². The monoisotopic (exact) mass is 560 g/mol. The zero-order valence-corrected chi connectivity index (χ0v) is 22.2. The van der Waals surface area contributed by atoms with E-state index < -0.39 is 10.0 Å². The molecule has 0 aliphatic rings. The zero-order chi connectivity index (χ0) is 25.3. The molecule has 4 aromatic rings. The second-order valence-electron chi connectivity index (χ2n) is 7.95. The van der Waals surface area contributed by atoms with Crippen LogP contribution in [0, 0.1) is 6.92 Å². The highest BCUT2D eigenvalue weighted by Gasteiger charge is 2.21. The van der Waals surface area contributed by atoms with Crippen LogP contribution >= 0.6 is 15.9 Å². The van der Waals surface area contributed by atoms with Crippen molar-refractivity contribution in [2.24, 2.45) is 7.05 Å². The van der Waals surface area contributed by atoms with Crippen molar-refractivity contribution in [2.75, 3.05) is 19.5 Å². The summed E-state index contributed by atoms with van der Waals surface area (Å²) in [5, 5.41) is 9.10. The highest BCUT2D eigenvalue weighted by atomic mass is 79.9. The lowest BCUT2D eigenvalue weighted by atomic mass is 10.1. The molecule has 0 aliphatic carbocycles. The summed E-state index contributed by atoms with van der Waals surface area (Å²) < 4.78 is 39.0. The van der Waals surface area contributed by atoms with E-state index in [0.29, 0.717) is 45.9 Å². The van der Waals surface area contributed by atoms with E-state index in [9.17, 15) is 8.42 Å². The lowest BCUT2D eigenvalue weighted by Crippen LogP contribution is -2.13. The van der Waals surface area contributed by atoms with Crippen molar-refractivity contribution in [3.63, 3.8) is 0 Å². The van der Waals surface area contributed by atoms with Gasteiger partial charge in [0.25, 0.3) is 10.0 Å². The van der Waals surface area contributed by atoms with Gasteiger partial charge < -0.3 is 9.47 Å². The van der Waals surface area contributed by atoms with E-state index in [1.807, 2.05) is 33.0 Å². The SMILES string of the molecule is C=Cc1nc(C)ccc1OCCO[C@H](C)c1c(-c2cc3c(Br)nn(S(C)(=O)=O)c3cn2)cnn1C. The van der Waals surface area contributed by atoms with Crippen molar-refractivity contribution in [3.8, 4) is 17.0 Å². The molecule has 0 bridgehead atoms. The van der Waals surface area contributed by atoms with Crippen molar-refractivity contribution in [1.82, 2.24) is 28.9 Å². The summed E-state index contributed by atoms with van der Waals surface area (Å²) in [4.78, 5) is 8.89. The number of nitrogens with zero attached hydrogens (tertiary/aromatic N) is 6. The molecule has 10 nitrogen and oxygen atoms in total. The standard InChI is InChI=1S/C23H25BrN6O4S/c1-6-18-21(8-7-14(2)27-18)34-10-9-33-15(3)22-17(12-26-29(22)4)19-11-16-20(13-25-19)30(28-23(16)24)35(5,31)32/h6-8,11-13,15H,1,9-10H2,2-5H3/t15-/m1/s1. The van der Waals surface area contributed by atoms with Crippen LogP contribution in [0.2, 0.25) is 0 Å². The zero-order valence-electron chi connectivity index (χ0n) is 19.8. The highest BCUT2D eigenvalue weighted by Crippen LogP contribution is 2.32. The minimum Gasteiger partial charge on any atom is -0.489 e. The van der Waals surface area contributed by atoms with Crippen LogP contribution in [0.5, 0.6) is 5.75 Å². The number of ether oxygens (including phenoxy) is 2. The van der Waals surface area contributed by atoms with Gasteiger partial charge in [0.1, 0.15) is 28.2 Å². The average molecular weight is 561 g/mol. The molecule has 0 aliphatic heterocycles. The molecule has 12 heteroatoms. The topological polar surface area (TPSA) is 114 Å². The number of aromatic nitrogens is 6. The number of rotatable bonds is 9. The summed E-state index contributed by atoms with van der Waals surface area (Å²) in [7, 11) is -1.73. The van der Waals surface area contributed by atoms with Crippen molar-refractivity contribution >= 4 is 42.9 Å². The molecule has 4 rings (SSSR count). The molecule has 0 unspecified atom stereocenters. The van der Waals surface area contributed by atoms with Gasteiger partial charge in [-0.25, -0.2) is 13.4 Å². The van der Waals surface area contributed by atoms with E-state index >= 15 is 0 Å². The lowest BCUT2D eigenvalue weighted by molar-refractivity contribution is 0.0396. The molecule has 35 heavy (non-hydrogen) atoms. The predicted molar refractivity (Wildman–Crippen MR) is 137 cm³/mol. The maximum atomic E-state index is 12.0. The fourth-order valence-electron chi connectivity index (χ4n) is 3.77. The number of fused-ring (bicyclic) bond motifs is 1. The smallest absolute Gasteiger partial charge is 0.251 e. The molecule has 0 spiro atoms. The van der Waals surface area contributed by atoms with Crippen LogP contribution in [-0.4, -0.2) is 56.8 Å². The first-order valence-corrected chi connectivity index (χ1v) is 13.4. The number of halogens is 1. The fourth-order valence-corrected chi connectivity index (χ4v) is 5.08. The molecule has 0 fully saturated rings. The molecule has 0 saturated carbocycles. The van der Waals surface area contributed by atoms with Gasteiger partial charge in [-0.1, -0.05) is 6.58 Å². The van der Waals surface area contributed by atoms with Crippen molar-refractivity contribution in [2.45, 2.75) is 20.0 Å². The lowest BCUT2D eigenvalue weighted by Gasteiger charge is -2.16. The van der Waals surface area contributed by atoms with Crippen LogP contribution in [0.25, 0.3) is 28.2 Å². The van der Waals surface area contributed by atoms with Gasteiger partial charge in [-0.15, -0.1) is 5.10 Å². The molecule has 0 saturated heterocycles. The van der Waals surface area contributed by atoms with E-state index in [1.165, 1.54) is 6.20 Å². The molecule has 0 amide bonds. The predicted octanol–water partition coefficient (Wildman–Crippen LogP) is 3.91. The molecular formula is C23H25BrN6O4S. The first-order valence-electron chi connectivity index (χ1n) is 10.7. The highest BCUT2D eigenvalue weighted by molar-refractivity contribution is 9.10. The van der Waals surface area contributed by atoms with Crippen molar-refractivity contribution < 1.29 is 17.9 Å². The number of hydrogen-bond donors (Lipinski definition) is 0. The van der Waals surface area contributed by atoms with Gasteiger partial charge in [0, 0.05) is 23.7 Å². The minimum atomic E-state index is -3.57. The minimum absolute atomic E-state index is 0.309. The van der Waals surface area contributed by atoms with Crippen LogP contribution in [0.3, 0.4) is 0 Å². The van der Waals surface area contributed by atoms with Gasteiger partial charge in [-0.2, -0.15) is 9.19 Å². The molecule has 0 N–H and O–H groups in total. The van der Waals surface area contributed by atoms with E-state index in [0.717, 1.165) is 27.3 Å². The van der Waals surface area contributed by atoms with E-state index in [-0.39, 0.29) is 6.10 Å². The van der Waals surface area contributed by atoms with Gasteiger partial charge in [0.2, 0.25) is 0 Å². The first kappa shape index (κ1) is 25.0. The summed E-state index contributed by atoms with van der Waals surface area (Å²) >= 11 is 3.35. The average Bonchev–Trinajstić information content (AvgIpc) is 3.37. The largest absolute Gasteiger partial charge is 0.489 e. The van der Waals surface area contributed by atoms with Crippen LogP contribution in [-0.2, 0) is 21.8 Å². The Morgan fingerprint density at radius 3 is 2.74 bits per heavy atom. The first-order chi connectivity index (χ1) is 16.6. The van der Waals surface area contributed by atoms with E-state index in [2.05, 4.69) is 42.7 Å². The maximum absolute atomic E-state index is 12.0. The van der Waals surface area contributed by atoms with Crippen molar-refractivity contribution in [3.05, 3.63) is 58.9 Å². The Labute approximate surface area is 211 Å². The Morgan fingerprint density at radius 1 is 1.26 bits per heavy atom. The molecule has 4 aromatic heterocycles.